The summed E-state index contributed by atoms with van der Waals surface area (Å²) in [7, 11) is 1.65. The van der Waals surface area contributed by atoms with Crippen LogP contribution in [0, 0.1) is 0 Å². The molecule has 1 saturated heterocycles. The standard InChI is InChI=1S/C17H25NO3/c1-14(19)13-15-7-5-6-10-18(15)11-12-21-17-9-4-3-8-16(17)20-2/h3-4,8-9,15H,5-7,10-13H2,1-2H3. The zero-order valence-corrected chi connectivity index (χ0v) is 13.0. The van der Waals surface area contributed by atoms with Gasteiger partial charge < -0.3 is 9.47 Å². The molecule has 1 heterocycles. The fourth-order valence-corrected chi connectivity index (χ4v) is 2.93. The van der Waals surface area contributed by atoms with Gasteiger partial charge in [0.1, 0.15) is 12.4 Å². The Morgan fingerprint density at radius 2 is 2.05 bits per heavy atom. The van der Waals surface area contributed by atoms with Gasteiger partial charge in [-0.25, -0.2) is 0 Å². The molecule has 1 unspecified atom stereocenters. The van der Waals surface area contributed by atoms with Gasteiger partial charge in [0.15, 0.2) is 11.5 Å². The maximum Gasteiger partial charge on any atom is 0.161 e. The van der Waals surface area contributed by atoms with Crippen molar-refractivity contribution < 1.29 is 14.3 Å². The van der Waals surface area contributed by atoms with E-state index < -0.39 is 0 Å². The zero-order chi connectivity index (χ0) is 15.1. The van der Waals surface area contributed by atoms with E-state index in [0.717, 1.165) is 31.0 Å². The highest BCUT2D eigenvalue weighted by atomic mass is 16.5. The lowest BCUT2D eigenvalue weighted by molar-refractivity contribution is -0.118. The highest BCUT2D eigenvalue weighted by Crippen LogP contribution is 2.26. The number of piperidine rings is 1. The minimum absolute atomic E-state index is 0.276. The Labute approximate surface area is 127 Å². The molecule has 0 amide bonds. The highest BCUT2D eigenvalue weighted by Gasteiger charge is 2.23. The molecule has 1 aliphatic rings. The summed E-state index contributed by atoms with van der Waals surface area (Å²) in [5.74, 6) is 1.81. The average Bonchev–Trinajstić information content (AvgIpc) is 2.49. The predicted octanol–water partition coefficient (Wildman–Crippen LogP) is 2.91. The predicted molar refractivity (Wildman–Crippen MR) is 83.0 cm³/mol. The lowest BCUT2D eigenvalue weighted by Gasteiger charge is -2.35. The van der Waals surface area contributed by atoms with Crippen molar-refractivity contribution in [2.75, 3.05) is 26.8 Å². The number of carbonyl (C=O) groups is 1. The number of rotatable bonds is 7. The molecule has 0 bridgehead atoms. The van der Waals surface area contributed by atoms with Crippen LogP contribution in [0.1, 0.15) is 32.6 Å². The van der Waals surface area contributed by atoms with E-state index >= 15 is 0 Å². The fourth-order valence-electron chi connectivity index (χ4n) is 2.93. The van der Waals surface area contributed by atoms with Crippen LogP contribution in [0.5, 0.6) is 11.5 Å². The van der Waals surface area contributed by atoms with Gasteiger partial charge in [0, 0.05) is 19.0 Å². The van der Waals surface area contributed by atoms with Crippen LogP contribution in [-0.4, -0.2) is 43.5 Å². The van der Waals surface area contributed by atoms with Crippen molar-refractivity contribution in [3.63, 3.8) is 0 Å². The van der Waals surface area contributed by atoms with Crippen molar-refractivity contribution in [3.05, 3.63) is 24.3 Å². The minimum atomic E-state index is 0.276. The van der Waals surface area contributed by atoms with Gasteiger partial charge in [0.05, 0.1) is 7.11 Å². The van der Waals surface area contributed by atoms with Crippen LogP contribution in [0.15, 0.2) is 24.3 Å². The molecule has 1 atom stereocenters. The van der Waals surface area contributed by atoms with Gasteiger partial charge in [-0.2, -0.15) is 0 Å². The largest absolute Gasteiger partial charge is 0.493 e. The number of Topliss-reactive ketones (excluding diaryl/α,β-unsaturated/α-hetero) is 1. The van der Waals surface area contributed by atoms with Gasteiger partial charge in [-0.1, -0.05) is 18.6 Å². The lowest BCUT2D eigenvalue weighted by atomic mass is 9.98. The van der Waals surface area contributed by atoms with E-state index in [1.54, 1.807) is 14.0 Å². The summed E-state index contributed by atoms with van der Waals surface area (Å²) in [6.45, 7) is 4.22. The molecule has 1 fully saturated rings. The normalized spacial score (nSPS) is 19.2. The summed E-state index contributed by atoms with van der Waals surface area (Å²) < 4.78 is 11.1. The molecule has 21 heavy (non-hydrogen) atoms. The topological polar surface area (TPSA) is 38.8 Å². The van der Waals surface area contributed by atoms with Crippen molar-refractivity contribution in [3.8, 4) is 11.5 Å². The van der Waals surface area contributed by atoms with Crippen molar-refractivity contribution in [1.82, 2.24) is 4.90 Å². The minimum Gasteiger partial charge on any atom is -0.493 e. The van der Waals surface area contributed by atoms with Crippen molar-refractivity contribution in [1.29, 1.82) is 0 Å². The molecular formula is C17H25NO3. The molecule has 0 radical (unpaired) electrons. The Balaban J connectivity index is 1.84. The number of para-hydroxylation sites is 2. The Hall–Kier alpha value is -1.55. The summed E-state index contributed by atoms with van der Waals surface area (Å²) >= 11 is 0. The fraction of sp³-hybridized carbons (Fsp3) is 0.588. The average molecular weight is 291 g/mol. The third-order valence-electron chi connectivity index (χ3n) is 3.98. The first-order valence-electron chi connectivity index (χ1n) is 7.70. The molecule has 0 N–H and O–H groups in total. The Morgan fingerprint density at radius 3 is 2.76 bits per heavy atom. The summed E-state index contributed by atoms with van der Waals surface area (Å²) in [5.41, 5.74) is 0. The third kappa shape index (κ3) is 4.74. The number of hydrogen-bond donors (Lipinski definition) is 0. The number of ether oxygens (including phenoxy) is 2. The number of nitrogens with zero attached hydrogens (tertiary/aromatic N) is 1. The monoisotopic (exact) mass is 291 g/mol. The van der Waals surface area contributed by atoms with Gasteiger partial charge in [0.25, 0.3) is 0 Å². The molecule has 2 rings (SSSR count). The van der Waals surface area contributed by atoms with E-state index in [4.69, 9.17) is 9.47 Å². The molecule has 0 aromatic heterocycles. The van der Waals surface area contributed by atoms with Crippen molar-refractivity contribution in [2.45, 2.75) is 38.6 Å². The van der Waals surface area contributed by atoms with Crippen LogP contribution in [0.4, 0.5) is 0 Å². The second kappa shape index (κ2) is 8.03. The van der Waals surface area contributed by atoms with Crippen LogP contribution in [0.3, 0.4) is 0 Å². The molecule has 1 aliphatic heterocycles. The van der Waals surface area contributed by atoms with E-state index in [1.165, 1.54) is 12.8 Å². The smallest absolute Gasteiger partial charge is 0.161 e. The Bertz CT molecular complexity index is 461. The molecule has 1 aromatic rings. The third-order valence-corrected chi connectivity index (χ3v) is 3.98. The number of likely N-dealkylation sites (tertiary alicyclic amines) is 1. The first-order chi connectivity index (χ1) is 10.2. The van der Waals surface area contributed by atoms with Crippen LogP contribution in [0.2, 0.25) is 0 Å². The van der Waals surface area contributed by atoms with Gasteiger partial charge in [-0.05, 0) is 38.4 Å². The summed E-state index contributed by atoms with van der Waals surface area (Å²) in [6, 6.07) is 8.07. The van der Waals surface area contributed by atoms with Gasteiger partial charge >= 0.3 is 0 Å². The number of benzene rings is 1. The SMILES string of the molecule is COc1ccccc1OCCN1CCCCC1CC(C)=O. The Morgan fingerprint density at radius 1 is 1.29 bits per heavy atom. The van der Waals surface area contributed by atoms with Crippen molar-refractivity contribution in [2.24, 2.45) is 0 Å². The second-order valence-corrected chi connectivity index (χ2v) is 5.59. The molecule has 0 spiro atoms. The quantitative estimate of drug-likeness (QED) is 0.774. The van der Waals surface area contributed by atoms with Crippen molar-refractivity contribution >= 4 is 5.78 Å². The summed E-state index contributed by atoms with van der Waals surface area (Å²) in [5, 5.41) is 0. The number of methoxy groups -OCH3 is 1. The lowest BCUT2D eigenvalue weighted by Crippen LogP contribution is -2.42. The molecular weight excluding hydrogens is 266 g/mol. The van der Waals surface area contributed by atoms with Gasteiger partial charge in [-0.15, -0.1) is 0 Å². The maximum absolute atomic E-state index is 11.4. The van der Waals surface area contributed by atoms with Gasteiger partial charge in [-0.3, -0.25) is 9.69 Å². The number of ketones is 1. The molecule has 4 nitrogen and oxygen atoms in total. The number of carbonyl (C=O) groups excluding carboxylic acids is 1. The summed E-state index contributed by atoms with van der Waals surface area (Å²) in [4.78, 5) is 13.8. The Kier molecular flexibility index (Phi) is 6.05. The molecule has 0 saturated carbocycles. The van der Waals surface area contributed by atoms with Crippen LogP contribution < -0.4 is 9.47 Å². The van der Waals surface area contributed by atoms with Crippen LogP contribution >= 0.6 is 0 Å². The highest BCUT2D eigenvalue weighted by molar-refractivity contribution is 5.76. The van der Waals surface area contributed by atoms with Crippen LogP contribution in [-0.2, 0) is 4.79 Å². The summed E-state index contributed by atoms with van der Waals surface area (Å²) in [6.07, 6.45) is 4.22. The maximum atomic E-state index is 11.4. The molecule has 1 aromatic carbocycles. The van der Waals surface area contributed by atoms with Crippen LogP contribution in [0.25, 0.3) is 0 Å². The van der Waals surface area contributed by atoms with E-state index in [0.29, 0.717) is 19.1 Å². The first-order valence-corrected chi connectivity index (χ1v) is 7.70. The molecule has 116 valence electrons. The van der Waals surface area contributed by atoms with E-state index in [2.05, 4.69) is 4.90 Å². The van der Waals surface area contributed by atoms with Gasteiger partial charge in [0.2, 0.25) is 0 Å². The van der Waals surface area contributed by atoms with E-state index in [9.17, 15) is 4.79 Å². The first kappa shape index (κ1) is 15.8. The van der Waals surface area contributed by atoms with E-state index in [1.807, 2.05) is 24.3 Å². The van der Waals surface area contributed by atoms with E-state index in [-0.39, 0.29) is 5.78 Å². The molecule has 0 aliphatic carbocycles. The molecule has 4 heteroatoms. The number of hydrogen-bond acceptors (Lipinski definition) is 4. The second-order valence-electron chi connectivity index (χ2n) is 5.59. The zero-order valence-electron chi connectivity index (χ0n) is 13.0.